The molecule has 1 saturated carbocycles. The number of carbonyl (C=O) groups is 1. The predicted molar refractivity (Wildman–Crippen MR) is 115 cm³/mol. The number of rotatable bonds is 7. The van der Waals surface area contributed by atoms with Gasteiger partial charge in [0.1, 0.15) is 5.82 Å². The fourth-order valence-corrected chi connectivity index (χ4v) is 5.31. The Hall–Kier alpha value is -2.52. The van der Waals surface area contributed by atoms with Crippen LogP contribution in [0.4, 0.5) is 4.79 Å². The van der Waals surface area contributed by atoms with Gasteiger partial charge in [0.2, 0.25) is 10.0 Å². The third-order valence-corrected chi connectivity index (χ3v) is 7.41. The molecule has 0 saturated heterocycles. The summed E-state index contributed by atoms with van der Waals surface area (Å²) >= 11 is 6.09. The molecule has 30 heavy (non-hydrogen) atoms. The van der Waals surface area contributed by atoms with Gasteiger partial charge in [-0.25, -0.2) is 17.5 Å². The molecule has 1 N–H and O–H groups in total. The Balaban J connectivity index is 1.66. The molecular formula is C20H23ClN4O4S. The first-order valence-electron chi connectivity index (χ1n) is 9.70. The molecule has 2 heterocycles. The average Bonchev–Trinajstić information content (AvgIpc) is 3.34. The van der Waals surface area contributed by atoms with Gasteiger partial charge in [-0.3, -0.25) is 4.68 Å². The van der Waals surface area contributed by atoms with E-state index in [0.29, 0.717) is 15.0 Å². The van der Waals surface area contributed by atoms with Crippen LogP contribution in [-0.2, 0) is 23.5 Å². The van der Waals surface area contributed by atoms with E-state index in [1.807, 2.05) is 35.9 Å². The Morgan fingerprint density at radius 3 is 2.73 bits per heavy atom. The van der Waals surface area contributed by atoms with Gasteiger partial charge in [-0.2, -0.15) is 5.10 Å². The summed E-state index contributed by atoms with van der Waals surface area (Å²) in [6.45, 7) is 1.87. The Bertz CT molecular complexity index is 1230. The van der Waals surface area contributed by atoms with Gasteiger partial charge in [0.15, 0.2) is 0 Å². The van der Waals surface area contributed by atoms with Crippen LogP contribution in [0.2, 0.25) is 5.02 Å². The quantitative estimate of drug-likeness (QED) is 0.593. The van der Waals surface area contributed by atoms with Gasteiger partial charge in [-0.15, -0.1) is 0 Å². The molecule has 0 atom stereocenters. The van der Waals surface area contributed by atoms with Gasteiger partial charge in [0, 0.05) is 35.8 Å². The topological polar surface area (TPSA) is 97.4 Å². The number of amides is 1. The highest BCUT2D eigenvalue weighted by Crippen LogP contribution is 2.31. The summed E-state index contributed by atoms with van der Waals surface area (Å²) in [5.74, 6) is 0.602. The highest BCUT2D eigenvalue weighted by atomic mass is 35.5. The maximum absolute atomic E-state index is 12.8. The van der Waals surface area contributed by atoms with Crippen LogP contribution in [0.25, 0.3) is 16.7 Å². The fourth-order valence-electron chi connectivity index (χ4n) is 3.77. The largest absolute Gasteiger partial charge is 0.464 e. The Morgan fingerprint density at radius 1 is 1.33 bits per heavy atom. The number of aryl methyl sites for hydroxylation is 2. The SMILES string of the molecule is Cc1nn(C)c(-n2ccc3cc(Cl)ccc32)c1CCS(=O)(=O)N(CC1CC1)C(=O)O. The minimum Gasteiger partial charge on any atom is -0.464 e. The van der Waals surface area contributed by atoms with Gasteiger partial charge >= 0.3 is 6.09 Å². The van der Waals surface area contributed by atoms with E-state index in [9.17, 15) is 18.3 Å². The molecule has 160 valence electrons. The molecule has 0 unspecified atom stereocenters. The summed E-state index contributed by atoms with van der Waals surface area (Å²) in [4.78, 5) is 11.5. The van der Waals surface area contributed by atoms with Crippen LogP contribution in [0.3, 0.4) is 0 Å². The van der Waals surface area contributed by atoms with Crippen molar-refractivity contribution in [3.8, 4) is 5.82 Å². The van der Waals surface area contributed by atoms with Crippen molar-refractivity contribution in [2.75, 3.05) is 12.3 Å². The number of halogens is 1. The monoisotopic (exact) mass is 450 g/mol. The van der Waals surface area contributed by atoms with Gasteiger partial charge in [-0.1, -0.05) is 11.6 Å². The van der Waals surface area contributed by atoms with Crippen LogP contribution >= 0.6 is 11.6 Å². The van der Waals surface area contributed by atoms with Gasteiger partial charge in [0.05, 0.1) is 17.0 Å². The molecule has 1 fully saturated rings. The maximum Gasteiger partial charge on any atom is 0.421 e. The number of hydrogen-bond donors (Lipinski definition) is 1. The maximum atomic E-state index is 12.8. The zero-order valence-electron chi connectivity index (χ0n) is 16.7. The molecule has 1 aliphatic carbocycles. The lowest BCUT2D eigenvalue weighted by Crippen LogP contribution is -2.39. The second kappa shape index (κ2) is 7.63. The fraction of sp³-hybridized carbons (Fsp3) is 0.400. The Labute approximate surface area is 179 Å². The smallest absolute Gasteiger partial charge is 0.421 e. The van der Waals surface area contributed by atoms with E-state index < -0.39 is 16.1 Å². The van der Waals surface area contributed by atoms with Crippen molar-refractivity contribution in [3.63, 3.8) is 0 Å². The van der Waals surface area contributed by atoms with Crippen molar-refractivity contribution in [1.29, 1.82) is 0 Å². The number of aromatic nitrogens is 3. The van der Waals surface area contributed by atoms with Gasteiger partial charge < -0.3 is 9.67 Å². The lowest BCUT2D eigenvalue weighted by atomic mass is 10.2. The number of hydrogen-bond acceptors (Lipinski definition) is 4. The summed E-state index contributed by atoms with van der Waals surface area (Å²) in [5.41, 5.74) is 2.40. The van der Waals surface area contributed by atoms with Crippen LogP contribution in [-0.4, -0.2) is 50.6 Å². The molecule has 0 aliphatic heterocycles. The number of nitrogens with zero attached hydrogens (tertiary/aromatic N) is 4. The molecule has 3 aromatic rings. The summed E-state index contributed by atoms with van der Waals surface area (Å²) < 4.78 is 29.8. The second-order valence-corrected chi connectivity index (χ2v) is 10.2. The molecular weight excluding hydrogens is 428 g/mol. The first-order chi connectivity index (χ1) is 14.2. The lowest BCUT2D eigenvalue weighted by Gasteiger charge is -2.19. The zero-order valence-corrected chi connectivity index (χ0v) is 18.3. The number of sulfonamides is 1. The molecule has 8 nitrogen and oxygen atoms in total. The Kier molecular flexibility index (Phi) is 5.27. The zero-order chi connectivity index (χ0) is 21.6. The summed E-state index contributed by atoms with van der Waals surface area (Å²) in [6, 6.07) is 7.51. The standard InChI is InChI=1S/C20H23ClN4O4S/c1-13-17(8-10-30(28,29)25(20(26)27)12-14-3-4-14)19(23(2)22-13)24-9-7-15-11-16(21)5-6-18(15)24/h5-7,9,11,14H,3-4,8,10,12H2,1-2H3,(H,26,27). The molecule has 2 aromatic heterocycles. The van der Waals surface area contributed by atoms with Crippen LogP contribution in [0.15, 0.2) is 30.5 Å². The van der Waals surface area contributed by atoms with E-state index in [1.165, 1.54) is 0 Å². The van der Waals surface area contributed by atoms with Crippen LogP contribution in [0.5, 0.6) is 0 Å². The van der Waals surface area contributed by atoms with Crippen LogP contribution in [0, 0.1) is 12.8 Å². The van der Waals surface area contributed by atoms with Crippen molar-refractivity contribution in [3.05, 3.63) is 46.7 Å². The number of benzene rings is 1. The van der Waals surface area contributed by atoms with Crippen molar-refractivity contribution < 1.29 is 18.3 Å². The van der Waals surface area contributed by atoms with Crippen molar-refractivity contribution in [1.82, 2.24) is 18.7 Å². The Morgan fingerprint density at radius 2 is 2.07 bits per heavy atom. The summed E-state index contributed by atoms with van der Waals surface area (Å²) in [7, 11) is -2.14. The molecule has 1 amide bonds. The van der Waals surface area contributed by atoms with Gasteiger partial charge in [-0.05, 0) is 56.4 Å². The van der Waals surface area contributed by atoms with Crippen LogP contribution in [0.1, 0.15) is 24.1 Å². The van der Waals surface area contributed by atoms with E-state index in [-0.39, 0.29) is 24.6 Å². The van der Waals surface area contributed by atoms with Crippen LogP contribution < -0.4 is 0 Å². The minimum atomic E-state index is -3.95. The molecule has 1 aromatic carbocycles. The van der Waals surface area contributed by atoms with E-state index in [4.69, 9.17) is 11.6 Å². The van der Waals surface area contributed by atoms with E-state index in [1.54, 1.807) is 17.8 Å². The molecule has 0 bridgehead atoms. The molecule has 1 aliphatic rings. The van der Waals surface area contributed by atoms with Crippen molar-refractivity contribution >= 4 is 38.6 Å². The first kappa shape index (κ1) is 20.7. The van der Waals surface area contributed by atoms with Gasteiger partial charge in [0.25, 0.3) is 0 Å². The normalized spacial score (nSPS) is 14.4. The molecule has 0 spiro atoms. The molecule has 0 radical (unpaired) electrons. The summed E-state index contributed by atoms with van der Waals surface area (Å²) in [5, 5.41) is 15.5. The van der Waals surface area contributed by atoms with E-state index in [0.717, 1.165) is 35.1 Å². The highest BCUT2D eigenvalue weighted by molar-refractivity contribution is 7.89. The second-order valence-electron chi connectivity index (χ2n) is 7.72. The third kappa shape index (κ3) is 3.91. The third-order valence-electron chi connectivity index (χ3n) is 5.47. The average molecular weight is 451 g/mol. The van der Waals surface area contributed by atoms with Crippen molar-refractivity contribution in [2.45, 2.75) is 26.2 Å². The molecule has 10 heteroatoms. The minimum absolute atomic E-state index is 0.0412. The molecule has 4 rings (SSSR count). The number of carboxylic acid groups (broad SMARTS) is 1. The summed E-state index contributed by atoms with van der Waals surface area (Å²) in [6.07, 6.45) is 2.38. The first-order valence-corrected chi connectivity index (χ1v) is 11.7. The van der Waals surface area contributed by atoms with E-state index in [2.05, 4.69) is 5.10 Å². The lowest BCUT2D eigenvalue weighted by molar-refractivity contribution is 0.171. The highest BCUT2D eigenvalue weighted by Gasteiger charge is 2.34. The number of fused-ring (bicyclic) bond motifs is 1. The van der Waals surface area contributed by atoms with Crippen molar-refractivity contribution in [2.24, 2.45) is 13.0 Å². The van der Waals surface area contributed by atoms with E-state index >= 15 is 0 Å². The predicted octanol–water partition coefficient (Wildman–Crippen LogP) is 3.59.